The Hall–Kier alpha value is -4.01. The third-order valence-corrected chi connectivity index (χ3v) is 7.01. The van der Waals surface area contributed by atoms with E-state index < -0.39 is 0 Å². The smallest absolute Gasteiger partial charge is 0.273 e. The molecule has 0 radical (unpaired) electrons. The Morgan fingerprint density at radius 1 is 0.857 bits per heavy atom. The van der Waals surface area contributed by atoms with Crippen molar-refractivity contribution in [3.05, 3.63) is 83.5 Å². The number of carbonyl (C=O) groups is 1. The van der Waals surface area contributed by atoms with Crippen molar-refractivity contribution >= 4 is 23.2 Å². The first-order valence-corrected chi connectivity index (χ1v) is 14.9. The maximum atomic E-state index is 13.1. The summed E-state index contributed by atoms with van der Waals surface area (Å²) in [5.74, 6) is 2.35. The predicted molar refractivity (Wildman–Crippen MR) is 168 cm³/mol. The number of nitrogens with one attached hydrogen (secondary N) is 2. The molecule has 4 aromatic rings. The van der Waals surface area contributed by atoms with Crippen LogP contribution < -0.4 is 19.5 Å². The van der Waals surface area contributed by atoms with Crippen LogP contribution in [0.2, 0.25) is 5.02 Å². The molecule has 42 heavy (non-hydrogen) atoms. The van der Waals surface area contributed by atoms with E-state index in [4.69, 9.17) is 25.8 Å². The lowest BCUT2D eigenvalue weighted by molar-refractivity contribution is 0.102. The number of halogens is 1. The number of nitrogens with zero attached hydrogens (tertiary/aromatic N) is 2. The number of hydrogen-bond donors (Lipinski definition) is 2. The normalized spacial score (nSPS) is 11.0. The zero-order valence-electron chi connectivity index (χ0n) is 24.5. The first kappa shape index (κ1) is 30.9. The third-order valence-electron chi connectivity index (χ3n) is 6.76. The topological polar surface area (TPSA) is 88.7 Å². The standard InChI is InChI=1S/C33H39ClN4O4/c1-4-7-20-41-32-22-28(40-21-8-19-38(5-2)6-3)17-18-29(32)35-33(39)31-23-30(36-37-31)24-9-13-26(14-10-24)42-27-15-11-25(34)12-16-27/h9-18,22-23H,4-8,19-21H2,1-3H3,(H,35,39)(H,36,37). The number of hydrogen-bond acceptors (Lipinski definition) is 6. The Morgan fingerprint density at radius 2 is 1.52 bits per heavy atom. The third kappa shape index (κ3) is 8.99. The fraction of sp³-hybridized carbons (Fsp3) is 0.333. The van der Waals surface area contributed by atoms with Gasteiger partial charge in [0.15, 0.2) is 0 Å². The van der Waals surface area contributed by atoms with E-state index in [9.17, 15) is 4.79 Å². The summed E-state index contributed by atoms with van der Waals surface area (Å²) < 4.78 is 17.9. The summed E-state index contributed by atoms with van der Waals surface area (Å²) in [6.45, 7) is 10.7. The van der Waals surface area contributed by atoms with Gasteiger partial charge >= 0.3 is 0 Å². The Balaban J connectivity index is 1.38. The Bertz CT molecular complexity index is 1400. The Kier molecular flexibility index (Phi) is 11.7. The number of carbonyl (C=O) groups excluding carboxylic acids is 1. The molecule has 1 heterocycles. The van der Waals surface area contributed by atoms with Crippen LogP contribution in [0.15, 0.2) is 72.8 Å². The number of rotatable bonds is 16. The molecule has 0 spiro atoms. The first-order chi connectivity index (χ1) is 20.5. The van der Waals surface area contributed by atoms with Gasteiger partial charge in [-0.1, -0.05) is 38.8 Å². The molecular formula is C33H39ClN4O4. The maximum absolute atomic E-state index is 13.1. The molecule has 2 N–H and O–H groups in total. The van der Waals surface area contributed by atoms with Gasteiger partial charge in [0, 0.05) is 23.2 Å². The highest BCUT2D eigenvalue weighted by molar-refractivity contribution is 6.30. The monoisotopic (exact) mass is 590 g/mol. The maximum Gasteiger partial charge on any atom is 0.273 e. The molecular weight excluding hydrogens is 552 g/mol. The van der Waals surface area contributed by atoms with Gasteiger partial charge in [0.2, 0.25) is 0 Å². The molecule has 0 bridgehead atoms. The average Bonchev–Trinajstić information content (AvgIpc) is 3.51. The fourth-order valence-electron chi connectivity index (χ4n) is 4.27. The molecule has 0 fully saturated rings. The van der Waals surface area contributed by atoms with Crippen LogP contribution in [-0.4, -0.2) is 53.9 Å². The molecule has 0 aliphatic carbocycles. The van der Waals surface area contributed by atoms with Crippen molar-refractivity contribution in [2.75, 3.05) is 38.2 Å². The molecule has 0 atom stereocenters. The summed E-state index contributed by atoms with van der Waals surface area (Å²) in [5.41, 5.74) is 2.40. The summed E-state index contributed by atoms with van der Waals surface area (Å²) in [7, 11) is 0. The van der Waals surface area contributed by atoms with Crippen molar-refractivity contribution in [2.45, 2.75) is 40.0 Å². The van der Waals surface area contributed by atoms with E-state index in [0.717, 1.165) is 44.5 Å². The van der Waals surface area contributed by atoms with Gasteiger partial charge in [-0.05, 0) is 92.7 Å². The van der Waals surface area contributed by atoms with Gasteiger partial charge in [-0.2, -0.15) is 5.10 Å². The van der Waals surface area contributed by atoms with Gasteiger partial charge in [0.25, 0.3) is 5.91 Å². The molecule has 1 aromatic heterocycles. The van der Waals surface area contributed by atoms with Gasteiger partial charge in [0.1, 0.15) is 28.7 Å². The van der Waals surface area contributed by atoms with Crippen LogP contribution in [0.1, 0.15) is 50.5 Å². The zero-order valence-corrected chi connectivity index (χ0v) is 25.2. The van der Waals surface area contributed by atoms with Crippen molar-refractivity contribution < 1.29 is 19.0 Å². The van der Waals surface area contributed by atoms with E-state index >= 15 is 0 Å². The summed E-state index contributed by atoms with van der Waals surface area (Å²) in [6.07, 6.45) is 2.86. The van der Waals surface area contributed by atoms with Crippen LogP contribution in [0.5, 0.6) is 23.0 Å². The van der Waals surface area contributed by atoms with E-state index in [2.05, 4.69) is 41.2 Å². The molecule has 0 saturated heterocycles. The highest BCUT2D eigenvalue weighted by Gasteiger charge is 2.15. The van der Waals surface area contributed by atoms with E-state index in [1.54, 1.807) is 18.2 Å². The van der Waals surface area contributed by atoms with Crippen LogP contribution in [0.4, 0.5) is 5.69 Å². The van der Waals surface area contributed by atoms with E-state index in [1.807, 2.05) is 54.6 Å². The summed E-state index contributed by atoms with van der Waals surface area (Å²) >= 11 is 5.94. The molecule has 0 aliphatic rings. The van der Waals surface area contributed by atoms with Crippen LogP contribution in [0, 0.1) is 0 Å². The second kappa shape index (κ2) is 15.8. The number of H-pyrrole nitrogens is 1. The lowest BCUT2D eigenvalue weighted by atomic mass is 10.1. The van der Waals surface area contributed by atoms with Gasteiger partial charge in [-0.3, -0.25) is 9.89 Å². The van der Waals surface area contributed by atoms with E-state index in [1.165, 1.54) is 0 Å². The highest BCUT2D eigenvalue weighted by atomic mass is 35.5. The van der Waals surface area contributed by atoms with E-state index in [-0.39, 0.29) is 5.91 Å². The second-order valence-electron chi connectivity index (χ2n) is 9.79. The predicted octanol–water partition coefficient (Wildman–Crippen LogP) is 8.06. The number of anilines is 1. The van der Waals surface area contributed by atoms with Crippen LogP contribution in [0.25, 0.3) is 11.3 Å². The Labute approximate surface area is 252 Å². The van der Waals surface area contributed by atoms with Crippen molar-refractivity contribution in [2.24, 2.45) is 0 Å². The SMILES string of the molecule is CCCCOc1cc(OCCCN(CC)CC)ccc1NC(=O)c1cc(-c2ccc(Oc3ccc(Cl)cc3)cc2)n[nH]1. The molecule has 8 nitrogen and oxygen atoms in total. The van der Waals surface area contributed by atoms with Gasteiger partial charge in [-0.15, -0.1) is 0 Å². The fourth-order valence-corrected chi connectivity index (χ4v) is 4.39. The molecule has 0 saturated carbocycles. The molecule has 222 valence electrons. The van der Waals surface area contributed by atoms with Crippen molar-refractivity contribution in [3.63, 3.8) is 0 Å². The number of unbranched alkanes of at least 4 members (excludes halogenated alkanes) is 1. The minimum Gasteiger partial charge on any atom is -0.493 e. The van der Waals surface area contributed by atoms with Crippen LogP contribution >= 0.6 is 11.6 Å². The number of benzene rings is 3. The minimum atomic E-state index is -0.315. The van der Waals surface area contributed by atoms with Gasteiger partial charge < -0.3 is 24.4 Å². The number of ether oxygens (including phenoxy) is 3. The van der Waals surface area contributed by atoms with Crippen LogP contribution in [-0.2, 0) is 0 Å². The Morgan fingerprint density at radius 3 is 2.21 bits per heavy atom. The number of amides is 1. The summed E-state index contributed by atoms with van der Waals surface area (Å²) in [6, 6.07) is 21.9. The van der Waals surface area contributed by atoms with Crippen molar-refractivity contribution in [1.29, 1.82) is 0 Å². The van der Waals surface area contributed by atoms with Crippen molar-refractivity contribution in [3.8, 4) is 34.3 Å². The molecule has 0 aliphatic heterocycles. The molecule has 9 heteroatoms. The zero-order chi connectivity index (χ0) is 29.7. The minimum absolute atomic E-state index is 0.315. The lowest BCUT2D eigenvalue weighted by Gasteiger charge is -2.18. The van der Waals surface area contributed by atoms with Gasteiger partial charge in [-0.25, -0.2) is 0 Å². The first-order valence-electron chi connectivity index (χ1n) is 14.5. The quantitative estimate of drug-likeness (QED) is 0.128. The number of aromatic amines is 1. The number of aromatic nitrogens is 2. The second-order valence-corrected chi connectivity index (χ2v) is 10.2. The van der Waals surface area contributed by atoms with E-state index in [0.29, 0.717) is 58.3 Å². The summed E-state index contributed by atoms with van der Waals surface area (Å²) in [4.78, 5) is 15.5. The highest BCUT2D eigenvalue weighted by Crippen LogP contribution is 2.31. The lowest BCUT2D eigenvalue weighted by Crippen LogP contribution is -2.25. The summed E-state index contributed by atoms with van der Waals surface area (Å²) in [5, 5.41) is 10.8. The van der Waals surface area contributed by atoms with Crippen LogP contribution in [0.3, 0.4) is 0 Å². The van der Waals surface area contributed by atoms with Crippen molar-refractivity contribution in [1.82, 2.24) is 15.1 Å². The molecule has 3 aromatic carbocycles. The molecule has 1 amide bonds. The molecule has 4 rings (SSSR count). The largest absolute Gasteiger partial charge is 0.493 e. The average molecular weight is 591 g/mol. The van der Waals surface area contributed by atoms with Gasteiger partial charge in [0.05, 0.1) is 24.6 Å². The molecule has 0 unspecified atom stereocenters.